The fourth-order valence-corrected chi connectivity index (χ4v) is 3.77. The summed E-state index contributed by atoms with van der Waals surface area (Å²) in [5.74, 6) is 0.713. The first-order valence-electron chi connectivity index (χ1n) is 10.3. The molecule has 1 aliphatic heterocycles. The van der Waals surface area contributed by atoms with Gasteiger partial charge in [-0.15, -0.1) is 0 Å². The van der Waals surface area contributed by atoms with Crippen LogP contribution in [-0.2, 0) is 22.6 Å². The van der Waals surface area contributed by atoms with Crippen molar-refractivity contribution in [3.05, 3.63) is 46.8 Å². The summed E-state index contributed by atoms with van der Waals surface area (Å²) in [5.41, 5.74) is 4.74. The Kier molecular flexibility index (Phi) is 7.28. The zero-order valence-electron chi connectivity index (χ0n) is 17.9. The number of carbonyl (C=O) groups is 1. The molecule has 1 aromatic heterocycles. The van der Waals surface area contributed by atoms with Crippen LogP contribution in [0, 0.1) is 13.8 Å². The van der Waals surface area contributed by atoms with Crippen molar-refractivity contribution in [2.75, 3.05) is 32.9 Å². The van der Waals surface area contributed by atoms with E-state index in [2.05, 4.69) is 38.1 Å². The maximum absolute atomic E-state index is 12.2. The van der Waals surface area contributed by atoms with Crippen LogP contribution in [0.4, 0.5) is 0 Å². The molecule has 0 unspecified atom stereocenters. The zero-order valence-corrected chi connectivity index (χ0v) is 17.9. The predicted molar refractivity (Wildman–Crippen MR) is 112 cm³/mol. The Labute approximate surface area is 173 Å². The third kappa shape index (κ3) is 5.36. The Hall–Kier alpha value is -2.38. The summed E-state index contributed by atoms with van der Waals surface area (Å²) in [4.78, 5) is 13.9. The summed E-state index contributed by atoms with van der Waals surface area (Å²) in [6.07, 6.45) is 0. The summed E-state index contributed by atoms with van der Waals surface area (Å²) >= 11 is 0. The van der Waals surface area contributed by atoms with E-state index in [9.17, 15) is 4.79 Å². The number of nitrogens with zero attached hydrogens (tertiary/aromatic N) is 3. The van der Waals surface area contributed by atoms with Crippen LogP contribution >= 0.6 is 0 Å². The van der Waals surface area contributed by atoms with Gasteiger partial charge < -0.3 is 19.7 Å². The number of rotatable bonds is 8. The van der Waals surface area contributed by atoms with Crippen LogP contribution in [0.5, 0.6) is 5.75 Å². The molecule has 29 heavy (non-hydrogen) atoms. The van der Waals surface area contributed by atoms with Gasteiger partial charge in [0.25, 0.3) is 5.91 Å². The van der Waals surface area contributed by atoms with Gasteiger partial charge in [-0.1, -0.05) is 12.1 Å². The van der Waals surface area contributed by atoms with Crippen LogP contribution < -0.4 is 10.1 Å². The molecule has 0 radical (unpaired) electrons. The average molecular weight is 401 g/mol. The molecule has 2 heterocycles. The van der Waals surface area contributed by atoms with E-state index in [1.54, 1.807) is 4.90 Å². The minimum absolute atomic E-state index is 0.00577. The number of morpholine rings is 1. The van der Waals surface area contributed by atoms with E-state index in [0.29, 0.717) is 32.1 Å². The van der Waals surface area contributed by atoms with Gasteiger partial charge >= 0.3 is 0 Å². The van der Waals surface area contributed by atoms with Crippen LogP contribution in [0.1, 0.15) is 42.4 Å². The van der Waals surface area contributed by atoms with Crippen molar-refractivity contribution in [2.24, 2.45) is 0 Å². The Morgan fingerprint density at radius 1 is 1.24 bits per heavy atom. The van der Waals surface area contributed by atoms with E-state index in [-0.39, 0.29) is 18.6 Å². The van der Waals surface area contributed by atoms with Crippen molar-refractivity contribution < 1.29 is 14.3 Å². The second-order valence-electron chi connectivity index (χ2n) is 7.43. The molecule has 3 rings (SSSR count). The quantitative estimate of drug-likeness (QED) is 0.738. The van der Waals surface area contributed by atoms with Crippen molar-refractivity contribution >= 4 is 5.91 Å². The number of carbonyl (C=O) groups excluding carboxylic acids is 1. The second kappa shape index (κ2) is 9.89. The van der Waals surface area contributed by atoms with Crippen LogP contribution in [0.3, 0.4) is 0 Å². The highest BCUT2D eigenvalue weighted by Gasteiger charge is 2.18. The first-order chi connectivity index (χ1) is 14.0. The molecule has 0 aliphatic carbocycles. The largest absolute Gasteiger partial charge is 0.484 e. The van der Waals surface area contributed by atoms with Gasteiger partial charge in [0, 0.05) is 43.5 Å². The van der Waals surface area contributed by atoms with Gasteiger partial charge in [-0.05, 0) is 45.4 Å². The number of nitrogens with one attached hydrogen (secondary N) is 1. The second-order valence-corrected chi connectivity index (χ2v) is 7.43. The SMILES string of the molecule is CCn1nc(C)c([C@@H](C)NCc2ccc(OCC(=O)N3CCOCC3)cc2)c1C. The van der Waals surface area contributed by atoms with Crippen molar-refractivity contribution in [3.8, 4) is 5.75 Å². The van der Waals surface area contributed by atoms with Gasteiger partial charge in [0.2, 0.25) is 0 Å². The monoisotopic (exact) mass is 400 g/mol. The van der Waals surface area contributed by atoms with Gasteiger partial charge in [-0.25, -0.2) is 0 Å². The maximum Gasteiger partial charge on any atom is 0.260 e. The molecule has 0 spiro atoms. The number of ether oxygens (including phenoxy) is 2. The predicted octanol–water partition coefficient (Wildman–Crippen LogP) is 2.61. The lowest BCUT2D eigenvalue weighted by atomic mass is 10.1. The van der Waals surface area contributed by atoms with E-state index in [4.69, 9.17) is 9.47 Å². The highest BCUT2D eigenvalue weighted by atomic mass is 16.5. The number of aromatic nitrogens is 2. The third-order valence-electron chi connectivity index (χ3n) is 5.43. The van der Waals surface area contributed by atoms with Crippen molar-refractivity contribution in [2.45, 2.75) is 46.8 Å². The number of benzene rings is 1. The zero-order chi connectivity index (χ0) is 20.8. The summed E-state index contributed by atoms with van der Waals surface area (Å²) in [6.45, 7) is 12.7. The smallest absolute Gasteiger partial charge is 0.260 e. The van der Waals surface area contributed by atoms with E-state index < -0.39 is 0 Å². The summed E-state index contributed by atoms with van der Waals surface area (Å²) in [5, 5.41) is 8.19. The average Bonchev–Trinajstić information content (AvgIpc) is 3.04. The lowest BCUT2D eigenvalue weighted by molar-refractivity contribution is -0.137. The van der Waals surface area contributed by atoms with E-state index in [1.165, 1.54) is 16.8 Å². The molecule has 7 heteroatoms. The van der Waals surface area contributed by atoms with Gasteiger partial charge in [0.1, 0.15) is 5.75 Å². The molecule has 1 fully saturated rings. The number of hydrogen-bond donors (Lipinski definition) is 1. The molecular weight excluding hydrogens is 368 g/mol. The van der Waals surface area contributed by atoms with Crippen LogP contribution in [0.15, 0.2) is 24.3 Å². The third-order valence-corrected chi connectivity index (χ3v) is 5.43. The number of amides is 1. The molecule has 1 atom stereocenters. The molecule has 2 aromatic rings. The molecule has 1 aliphatic rings. The van der Waals surface area contributed by atoms with Crippen molar-refractivity contribution in [3.63, 3.8) is 0 Å². The normalized spacial score (nSPS) is 15.4. The van der Waals surface area contributed by atoms with Crippen LogP contribution in [-0.4, -0.2) is 53.5 Å². The summed E-state index contributed by atoms with van der Waals surface area (Å²) in [6, 6.07) is 8.12. The Morgan fingerprint density at radius 2 is 1.93 bits per heavy atom. The molecule has 1 saturated heterocycles. The Bertz CT molecular complexity index is 810. The van der Waals surface area contributed by atoms with E-state index in [1.807, 2.05) is 28.9 Å². The molecule has 1 amide bonds. The highest BCUT2D eigenvalue weighted by Crippen LogP contribution is 2.22. The Balaban J connectivity index is 1.49. The van der Waals surface area contributed by atoms with Gasteiger partial charge in [-0.3, -0.25) is 9.48 Å². The highest BCUT2D eigenvalue weighted by molar-refractivity contribution is 5.77. The minimum Gasteiger partial charge on any atom is -0.484 e. The fraction of sp³-hybridized carbons (Fsp3) is 0.545. The molecule has 1 N–H and O–H groups in total. The molecule has 7 nitrogen and oxygen atoms in total. The molecular formula is C22H32N4O3. The van der Waals surface area contributed by atoms with Gasteiger partial charge in [0.15, 0.2) is 6.61 Å². The maximum atomic E-state index is 12.2. The number of hydrogen-bond acceptors (Lipinski definition) is 5. The first-order valence-corrected chi connectivity index (χ1v) is 10.3. The molecule has 158 valence electrons. The fourth-order valence-electron chi connectivity index (χ4n) is 3.77. The van der Waals surface area contributed by atoms with Crippen LogP contribution in [0.2, 0.25) is 0 Å². The lowest BCUT2D eigenvalue weighted by Crippen LogP contribution is -2.42. The van der Waals surface area contributed by atoms with Crippen LogP contribution in [0.25, 0.3) is 0 Å². The first kappa shape index (κ1) is 21.3. The van der Waals surface area contributed by atoms with Gasteiger partial charge in [0.05, 0.1) is 18.9 Å². The van der Waals surface area contributed by atoms with Gasteiger partial charge in [-0.2, -0.15) is 5.10 Å². The molecule has 1 aromatic carbocycles. The minimum atomic E-state index is 0.00577. The number of aryl methyl sites for hydroxylation is 2. The van der Waals surface area contributed by atoms with E-state index >= 15 is 0 Å². The molecule has 0 saturated carbocycles. The van der Waals surface area contributed by atoms with E-state index in [0.717, 1.165) is 18.8 Å². The summed E-state index contributed by atoms with van der Waals surface area (Å²) in [7, 11) is 0. The summed E-state index contributed by atoms with van der Waals surface area (Å²) < 4.78 is 13.0. The lowest BCUT2D eigenvalue weighted by Gasteiger charge is -2.26. The molecule has 0 bridgehead atoms. The van der Waals surface area contributed by atoms with Crippen molar-refractivity contribution in [1.82, 2.24) is 20.0 Å². The van der Waals surface area contributed by atoms with Crippen molar-refractivity contribution in [1.29, 1.82) is 0 Å². The standard InChI is InChI=1S/C22H32N4O3/c1-5-26-18(4)22(17(3)24-26)16(2)23-14-19-6-8-20(9-7-19)29-15-21(27)25-10-12-28-13-11-25/h6-9,16,23H,5,10-15H2,1-4H3/t16-/m1/s1. The Morgan fingerprint density at radius 3 is 2.55 bits per heavy atom. The topological polar surface area (TPSA) is 68.6 Å².